The van der Waals surface area contributed by atoms with Crippen LogP contribution in [0.4, 0.5) is 11.6 Å². The van der Waals surface area contributed by atoms with Crippen LogP contribution in [0.2, 0.25) is 0 Å². The lowest BCUT2D eigenvalue weighted by molar-refractivity contribution is -0.239. The van der Waals surface area contributed by atoms with Crippen molar-refractivity contribution in [3.05, 3.63) is 130 Å². The number of unbranched alkanes of at least 4 members (excludes halogenated alkanes) is 2. The van der Waals surface area contributed by atoms with Gasteiger partial charge in [0, 0.05) is 50.4 Å². The molecule has 65 heavy (non-hydrogen) atoms. The molecular formula is C49H46N8O7Si. The molecule has 7 aliphatic rings. The number of hydrogen-bond donors (Lipinski definition) is 0. The summed E-state index contributed by atoms with van der Waals surface area (Å²) in [6.07, 6.45) is -0.334. The van der Waals surface area contributed by atoms with E-state index in [-0.39, 0.29) is 6.61 Å². The Kier molecular flexibility index (Phi) is 8.72. The molecule has 4 aromatic carbocycles. The molecule has 3 fully saturated rings. The van der Waals surface area contributed by atoms with Crippen LogP contribution in [0.5, 0.6) is 0 Å². The maximum absolute atomic E-state index is 7.85. The van der Waals surface area contributed by atoms with E-state index >= 15 is 0 Å². The second kappa shape index (κ2) is 14.3. The third kappa shape index (κ3) is 5.98. The minimum Gasteiger partial charge on any atom is -0.361 e. The van der Waals surface area contributed by atoms with Gasteiger partial charge in [0.2, 0.25) is 0 Å². The smallest absolute Gasteiger partial charge is 0.361 e. The van der Waals surface area contributed by atoms with Crippen LogP contribution in [0.1, 0.15) is 76.1 Å². The van der Waals surface area contributed by atoms with E-state index in [0.29, 0.717) is 52.6 Å². The predicted molar refractivity (Wildman–Crippen MR) is 245 cm³/mol. The van der Waals surface area contributed by atoms with Crippen LogP contribution in [-0.2, 0) is 32.5 Å². The summed E-state index contributed by atoms with van der Waals surface area (Å²) in [7, 11) is -4.41. The summed E-state index contributed by atoms with van der Waals surface area (Å²) < 4.78 is 52.7. The molecule has 0 aliphatic carbocycles. The summed E-state index contributed by atoms with van der Waals surface area (Å²) in [6, 6.07) is 32.5. The van der Waals surface area contributed by atoms with Crippen molar-refractivity contribution in [3.8, 4) is 0 Å². The van der Waals surface area contributed by atoms with Crippen molar-refractivity contribution in [3.63, 3.8) is 0 Å². The van der Waals surface area contributed by atoms with Gasteiger partial charge < -0.3 is 32.5 Å². The van der Waals surface area contributed by atoms with Gasteiger partial charge in [-0.25, -0.2) is 30.0 Å². The van der Waals surface area contributed by atoms with Crippen LogP contribution in [0.3, 0.4) is 0 Å². The molecule has 328 valence electrons. The lowest BCUT2D eigenvalue weighted by atomic mass is 9.99. The first-order valence-corrected chi connectivity index (χ1v) is 24.2. The van der Waals surface area contributed by atoms with Gasteiger partial charge in [-0.15, -0.1) is 0 Å². The van der Waals surface area contributed by atoms with Crippen molar-refractivity contribution in [2.45, 2.75) is 96.2 Å². The summed E-state index contributed by atoms with van der Waals surface area (Å²) in [5, 5.41) is 3.36. The van der Waals surface area contributed by atoms with E-state index in [0.717, 1.165) is 63.1 Å². The Morgan fingerprint density at radius 1 is 0.523 bits per heavy atom. The largest absolute Gasteiger partial charge is 0.603 e. The van der Waals surface area contributed by atoms with Crippen LogP contribution in [0.15, 0.2) is 127 Å². The zero-order valence-electron chi connectivity index (χ0n) is 36.6. The summed E-state index contributed by atoms with van der Waals surface area (Å²) in [5.41, 5.74) is 4.60. The van der Waals surface area contributed by atoms with Crippen molar-refractivity contribution in [1.29, 1.82) is 0 Å². The fourth-order valence-corrected chi connectivity index (χ4v) is 13.7. The van der Waals surface area contributed by atoms with Gasteiger partial charge in [-0.1, -0.05) is 117 Å². The van der Waals surface area contributed by atoms with Gasteiger partial charge in [0.1, 0.15) is 47.0 Å². The Balaban J connectivity index is 1.16. The molecule has 1 unspecified atom stereocenters. The van der Waals surface area contributed by atoms with Crippen molar-refractivity contribution in [2.75, 3.05) is 13.2 Å². The highest BCUT2D eigenvalue weighted by Crippen LogP contribution is 2.46. The first-order valence-electron chi connectivity index (χ1n) is 22.5. The number of fused-ring (bicyclic) bond motifs is 17. The molecule has 6 atom stereocenters. The summed E-state index contributed by atoms with van der Waals surface area (Å²) in [5.74, 6) is 1.40. The van der Waals surface area contributed by atoms with Crippen molar-refractivity contribution in [2.24, 2.45) is 30.0 Å². The summed E-state index contributed by atoms with van der Waals surface area (Å²) in [4.78, 5) is 32.6. The van der Waals surface area contributed by atoms with Crippen LogP contribution in [0, 0.1) is 0 Å². The molecule has 15 nitrogen and oxygen atoms in total. The highest BCUT2D eigenvalue weighted by molar-refractivity contribution is 6.66. The summed E-state index contributed by atoms with van der Waals surface area (Å²) in [6.45, 7) is 10.1. The molecule has 13 rings (SSSR count). The average Bonchev–Trinajstić information content (AvgIpc) is 4.13. The zero-order valence-corrected chi connectivity index (χ0v) is 37.6. The number of benzene rings is 4. The number of hydrogen-bond acceptors (Lipinski definition) is 13. The minimum atomic E-state index is -4.41. The van der Waals surface area contributed by atoms with Gasteiger partial charge in [-0.3, -0.25) is 8.47 Å². The van der Waals surface area contributed by atoms with Crippen LogP contribution >= 0.6 is 0 Å². The Morgan fingerprint density at radius 3 is 1.55 bits per heavy atom. The third-order valence-electron chi connectivity index (χ3n) is 13.0. The Labute approximate surface area is 374 Å². The lowest BCUT2D eigenvalue weighted by Crippen LogP contribution is -2.65. The first kappa shape index (κ1) is 39.5. The standard InChI is InChI=1S/C49H46N8O7Si/c1-6-7-16-25-58-65(59-26-35-36-37(62-48(2,3)61-36)38-47(60-35)64-49(4,5)63-38)56-43-31-21-12-13-22-32(31)45(56)54-41-29-19-10-11-20-30(29)42(51-41)55-46-34-24-15-14-23-33(34)44(57(46)65)53-40-28-18-9-8-17-27(28)39(50-40)52-43/h8-15,17-24,35-38,47H,6-7,16,25-26H2,1-5H3/t35-,36+,37+,38-,47-,65?/m1/s1. The second-order valence-electron chi connectivity index (χ2n) is 18.2. The van der Waals surface area contributed by atoms with Crippen LogP contribution in [0.25, 0.3) is 21.5 Å². The third-order valence-corrected chi connectivity index (χ3v) is 16.1. The van der Waals surface area contributed by atoms with E-state index in [4.69, 9.17) is 62.5 Å². The number of nitrogens with zero attached hydrogens (tertiary/aromatic N) is 8. The molecule has 0 N–H and O–H groups in total. The van der Waals surface area contributed by atoms with E-state index in [2.05, 4.69) is 39.7 Å². The topological polar surface area (TPSA) is 149 Å². The van der Waals surface area contributed by atoms with Gasteiger partial charge in [0.15, 0.2) is 41.2 Å². The molecule has 6 aromatic rings. The quantitative estimate of drug-likeness (QED) is 0.118. The highest BCUT2D eigenvalue weighted by atomic mass is 28.4. The zero-order chi connectivity index (χ0) is 43.8. The number of amidine groups is 4. The highest BCUT2D eigenvalue weighted by Gasteiger charge is 2.62. The molecule has 7 aliphatic heterocycles. The normalized spacial score (nSPS) is 27.1. The predicted octanol–water partition coefficient (Wildman–Crippen LogP) is 6.99. The minimum absolute atomic E-state index is 0.0100. The van der Waals surface area contributed by atoms with E-state index in [9.17, 15) is 0 Å². The molecule has 6 bridgehead atoms. The molecule has 2 aromatic heterocycles. The average molecular weight is 887 g/mol. The molecule has 16 heteroatoms. The van der Waals surface area contributed by atoms with Crippen LogP contribution < -0.4 is 11.0 Å². The molecule has 0 spiro atoms. The van der Waals surface area contributed by atoms with E-state index in [1.54, 1.807) is 0 Å². The Morgan fingerprint density at radius 2 is 1.00 bits per heavy atom. The van der Waals surface area contributed by atoms with Gasteiger partial charge >= 0.3 is 8.88 Å². The number of aromatic nitrogens is 2. The SMILES string of the molecule is CCCCCO[Si]1(OC[C@H]2O[C@@H]3OC(C)(C)O[C@@H]3[C@H]3OC(C)(C)O[C@H]32)n2c3c4ccccc4c2N=C2N=C(N=c4c5ccccc5c(n41)=NC1=NC(=N3)c3ccccc31)c1ccccc12. The molecule has 9 heterocycles. The summed E-state index contributed by atoms with van der Waals surface area (Å²) >= 11 is 0. The second-order valence-corrected chi connectivity index (χ2v) is 20.8. The van der Waals surface area contributed by atoms with Gasteiger partial charge in [0.05, 0.1) is 6.61 Å². The molecular weight excluding hydrogens is 841 g/mol. The van der Waals surface area contributed by atoms with Crippen molar-refractivity contribution in [1.82, 2.24) is 8.47 Å². The maximum Gasteiger partial charge on any atom is 0.603 e. The van der Waals surface area contributed by atoms with Crippen molar-refractivity contribution < 1.29 is 32.5 Å². The van der Waals surface area contributed by atoms with Gasteiger partial charge in [0.25, 0.3) is 0 Å². The first-order chi connectivity index (χ1) is 31.6. The van der Waals surface area contributed by atoms with Gasteiger partial charge in [-0.05, 0) is 34.1 Å². The van der Waals surface area contributed by atoms with Crippen molar-refractivity contribution >= 4 is 65.4 Å². The number of aliphatic imine (C=N–C) groups is 4. The number of rotatable bonds is 8. The Hall–Kier alpha value is -5.82. The fraction of sp³-hybridized carbons (Fsp3) is 0.347. The van der Waals surface area contributed by atoms with Gasteiger partial charge in [-0.2, -0.15) is 0 Å². The number of ether oxygens (including phenoxy) is 5. The molecule has 3 saturated heterocycles. The lowest BCUT2D eigenvalue weighted by Gasteiger charge is -2.39. The maximum atomic E-state index is 7.85. The van der Waals surface area contributed by atoms with E-state index < -0.39 is 51.2 Å². The molecule has 0 amide bonds. The van der Waals surface area contributed by atoms with Crippen LogP contribution in [-0.4, -0.2) is 96.2 Å². The monoisotopic (exact) mass is 886 g/mol. The fourth-order valence-electron chi connectivity index (χ4n) is 10.3. The van der Waals surface area contributed by atoms with E-state index in [1.165, 1.54) is 0 Å². The van der Waals surface area contributed by atoms with E-state index in [1.807, 2.05) is 100 Å². The Bertz CT molecular complexity index is 3110. The molecule has 0 saturated carbocycles. The molecule has 0 radical (unpaired) electrons.